The van der Waals surface area contributed by atoms with Gasteiger partial charge in [-0.15, -0.1) is 0 Å². The second kappa shape index (κ2) is 6.55. The first-order valence-electron chi connectivity index (χ1n) is 6.32. The van der Waals surface area contributed by atoms with Gasteiger partial charge in [-0.2, -0.15) is 0 Å². The van der Waals surface area contributed by atoms with Crippen LogP contribution in [0.5, 0.6) is 5.75 Å². The third-order valence-corrected chi connectivity index (χ3v) is 4.04. The van der Waals surface area contributed by atoms with Crippen molar-refractivity contribution in [3.63, 3.8) is 0 Å². The van der Waals surface area contributed by atoms with Gasteiger partial charge in [-0.05, 0) is 41.3 Å². The molecule has 0 amide bonds. The summed E-state index contributed by atoms with van der Waals surface area (Å²) in [6.45, 7) is -0.00476. The quantitative estimate of drug-likeness (QED) is 0.927. The maximum Gasteiger partial charge on any atom is 0.139 e. The van der Waals surface area contributed by atoms with Gasteiger partial charge in [0.1, 0.15) is 11.9 Å². The molecule has 1 saturated carbocycles. The van der Waals surface area contributed by atoms with Crippen molar-refractivity contribution in [2.24, 2.45) is 0 Å². The molecule has 0 radical (unpaired) electrons. The van der Waals surface area contributed by atoms with Crippen LogP contribution < -0.4 is 4.74 Å². The summed E-state index contributed by atoms with van der Waals surface area (Å²) in [6.07, 6.45) is 4.67. The molecule has 18 heavy (non-hydrogen) atoms. The van der Waals surface area contributed by atoms with Gasteiger partial charge in [-0.1, -0.05) is 12.1 Å². The first-order chi connectivity index (χ1) is 8.74. The summed E-state index contributed by atoms with van der Waals surface area (Å²) in [4.78, 5) is 0. The molecule has 0 bridgehead atoms. The lowest BCUT2D eigenvalue weighted by molar-refractivity contribution is 0.0201. The van der Waals surface area contributed by atoms with Crippen LogP contribution in [0.15, 0.2) is 22.7 Å². The molecule has 1 aliphatic carbocycles. The van der Waals surface area contributed by atoms with Crippen molar-refractivity contribution in [1.82, 2.24) is 0 Å². The Kier molecular flexibility index (Phi) is 5.03. The van der Waals surface area contributed by atoms with E-state index in [1.807, 2.05) is 18.2 Å². The Bertz CT molecular complexity index is 395. The number of rotatable bonds is 4. The molecule has 0 aromatic heterocycles. The van der Waals surface area contributed by atoms with Crippen LogP contribution in [0.3, 0.4) is 0 Å². The number of para-hydroxylation sites is 1. The molecule has 4 heteroatoms. The summed E-state index contributed by atoms with van der Waals surface area (Å²) in [6, 6.07) is 5.73. The summed E-state index contributed by atoms with van der Waals surface area (Å²) in [5, 5.41) is 9.34. The molecular formula is C14H19BrO3. The van der Waals surface area contributed by atoms with Gasteiger partial charge in [0.15, 0.2) is 0 Å². The van der Waals surface area contributed by atoms with E-state index in [1.54, 1.807) is 7.11 Å². The van der Waals surface area contributed by atoms with Crippen molar-refractivity contribution in [2.75, 3.05) is 7.11 Å². The van der Waals surface area contributed by atoms with E-state index in [9.17, 15) is 5.11 Å². The fourth-order valence-electron chi connectivity index (χ4n) is 2.40. The Morgan fingerprint density at radius 2 is 2.11 bits per heavy atom. The van der Waals surface area contributed by atoms with Crippen molar-refractivity contribution < 1.29 is 14.6 Å². The number of methoxy groups -OCH3 is 1. The van der Waals surface area contributed by atoms with Gasteiger partial charge in [-0.25, -0.2) is 0 Å². The highest BCUT2D eigenvalue weighted by atomic mass is 79.9. The van der Waals surface area contributed by atoms with Gasteiger partial charge in [0.2, 0.25) is 0 Å². The number of hydrogen-bond acceptors (Lipinski definition) is 3. The Morgan fingerprint density at radius 3 is 2.83 bits per heavy atom. The lowest BCUT2D eigenvalue weighted by Gasteiger charge is -2.29. The smallest absolute Gasteiger partial charge is 0.139 e. The number of aliphatic hydroxyl groups excluding tert-OH is 1. The van der Waals surface area contributed by atoms with Gasteiger partial charge in [0.05, 0.1) is 17.2 Å². The van der Waals surface area contributed by atoms with E-state index in [1.165, 1.54) is 0 Å². The lowest BCUT2D eigenvalue weighted by atomic mass is 9.95. The summed E-state index contributed by atoms with van der Waals surface area (Å²) >= 11 is 3.48. The minimum atomic E-state index is -0.00476. The topological polar surface area (TPSA) is 38.7 Å². The van der Waals surface area contributed by atoms with Crippen LogP contribution in [-0.4, -0.2) is 24.4 Å². The molecule has 1 fully saturated rings. The normalized spacial score (nSPS) is 23.9. The van der Waals surface area contributed by atoms with Crippen LogP contribution in [0.2, 0.25) is 0 Å². The molecule has 1 aliphatic rings. The zero-order valence-corrected chi connectivity index (χ0v) is 12.1. The Hall–Kier alpha value is -0.580. The van der Waals surface area contributed by atoms with E-state index >= 15 is 0 Å². The summed E-state index contributed by atoms with van der Waals surface area (Å²) in [5.41, 5.74) is 0.823. The molecule has 0 saturated heterocycles. The van der Waals surface area contributed by atoms with Crippen LogP contribution in [0.25, 0.3) is 0 Å². The highest BCUT2D eigenvalue weighted by molar-refractivity contribution is 9.10. The van der Waals surface area contributed by atoms with E-state index in [0.717, 1.165) is 41.5 Å². The standard InChI is InChI=1S/C14H19BrO3/c1-17-11-5-3-6-12(8-11)18-14-10(9-16)4-2-7-13(14)15/h2,4,7,11-12,16H,3,5-6,8-9H2,1H3. The average Bonchev–Trinajstić information content (AvgIpc) is 2.41. The molecular weight excluding hydrogens is 296 g/mol. The van der Waals surface area contributed by atoms with E-state index in [4.69, 9.17) is 9.47 Å². The number of halogens is 1. The minimum Gasteiger partial charge on any atom is -0.489 e. The van der Waals surface area contributed by atoms with Gasteiger partial charge in [0, 0.05) is 19.1 Å². The van der Waals surface area contributed by atoms with Crippen LogP contribution in [0, 0.1) is 0 Å². The fourth-order valence-corrected chi connectivity index (χ4v) is 2.90. The number of aliphatic hydroxyl groups is 1. The van der Waals surface area contributed by atoms with E-state index in [2.05, 4.69) is 15.9 Å². The third kappa shape index (κ3) is 3.25. The van der Waals surface area contributed by atoms with Crippen molar-refractivity contribution in [1.29, 1.82) is 0 Å². The summed E-state index contributed by atoms with van der Waals surface area (Å²) < 4.78 is 12.4. The maximum absolute atomic E-state index is 9.34. The predicted octanol–water partition coefficient (Wildman–Crippen LogP) is 3.28. The van der Waals surface area contributed by atoms with Crippen LogP contribution in [0.1, 0.15) is 31.2 Å². The average molecular weight is 315 g/mol. The summed E-state index contributed by atoms with van der Waals surface area (Å²) in [7, 11) is 1.75. The van der Waals surface area contributed by atoms with Crippen molar-refractivity contribution >= 4 is 15.9 Å². The fraction of sp³-hybridized carbons (Fsp3) is 0.571. The van der Waals surface area contributed by atoms with Gasteiger partial charge in [0.25, 0.3) is 0 Å². The van der Waals surface area contributed by atoms with Gasteiger partial charge < -0.3 is 14.6 Å². The van der Waals surface area contributed by atoms with Crippen LogP contribution in [0.4, 0.5) is 0 Å². The molecule has 1 aromatic carbocycles. The first-order valence-corrected chi connectivity index (χ1v) is 7.11. The highest BCUT2D eigenvalue weighted by Crippen LogP contribution is 2.33. The number of benzene rings is 1. The Balaban J connectivity index is 2.09. The van der Waals surface area contributed by atoms with Gasteiger partial charge in [-0.3, -0.25) is 0 Å². The van der Waals surface area contributed by atoms with Crippen LogP contribution >= 0.6 is 15.9 Å². The molecule has 0 spiro atoms. The van der Waals surface area contributed by atoms with Crippen LogP contribution in [-0.2, 0) is 11.3 Å². The first kappa shape index (κ1) is 13.8. The SMILES string of the molecule is COC1CCCC(Oc2c(Br)cccc2CO)C1. The van der Waals surface area contributed by atoms with E-state index < -0.39 is 0 Å². The number of hydrogen-bond donors (Lipinski definition) is 1. The monoisotopic (exact) mass is 314 g/mol. The molecule has 1 N–H and O–H groups in total. The third-order valence-electron chi connectivity index (χ3n) is 3.41. The Labute approximate surface area is 116 Å². The molecule has 2 unspecified atom stereocenters. The second-order valence-electron chi connectivity index (χ2n) is 4.65. The van der Waals surface area contributed by atoms with Crippen molar-refractivity contribution in [2.45, 2.75) is 44.5 Å². The molecule has 0 aliphatic heterocycles. The van der Waals surface area contributed by atoms with Crippen molar-refractivity contribution in [3.8, 4) is 5.75 Å². The molecule has 3 nitrogen and oxygen atoms in total. The molecule has 2 rings (SSSR count). The molecule has 100 valence electrons. The molecule has 1 aromatic rings. The van der Waals surface area contributed by atoms with Crippen molar-refractivity contribution in [3.05, 3.63) is 28.2 Å². The highest BCUT2D eigenvalue weighted by Gasteiger charge is 2.24. The predicted molar refractivity (Wildman–Crippen MR) is 73.7 cm³/mol. The summed E-state index contributed by atoms with van der Waals surface area (Å²) in [5.74, 6) is 0.766. The van der Waals surface area contributed by atoms with E-state index in [-0.39, 0.29) is 12.7 Å². The van der Waals surface area contributed by atoms with Gasteiger partial charge >= 0.3 is 0 Å². The zero-order valence-electron chi connectivity index (χ0n) is 10.6. The minimum absolute atomic E-state index is 0.00476. The molecule has 0 heterocycles. The van der Waals surface area contributed by atoms with E-state index in [0.29, 0.717) is 6.10 Å². The molecule has 2 atom stereocenters. The Morgan fingerprint density at radius 1 is 1.33 bits per heavy atom. The number of ether oxygens (including phenoxy) is 2. The largest absolute Gasteiger partial charge is 0.489 e. The zero-order chi connectivity index (χ0) is 13.0. The lowest BCUT2D eigenvalue weighted by Crippen LogP contribution is -2.29. The second-order valence-corrected chi connectivity index (χ2v) is 5.50. The maximum atomic E-state index is 9.34.